The van der Waals surface area contributed by atoms with E-state index in [-0.39, 0.29) is 16.8 Å². The maximum Gasteiger partial charge on any atom is 0.254 e. The van der Waals surface area contributed by atoms with Crippen molar-refractivity contribution in [1.82, 2.24) is 9.21 Å². The van der Waals surface area contributed by atoms with Crippen molar-refractivity contribution >= 4 is 15.9 Å². The topological polar surface area (TPSA) is 76.2 Å². The first-order valence-corrected chi connectivity index (χ1v) is 12.3. The monoisotopic (exact) mass is 442 g/mol. The molecule has 0 aliphatic carbocycles. The van der Waals surface area contributed by atoms with Crippen LogP contribution in [0, 0.1) is 0 Å². The Labute approximate surface area is 182 Å². The van der Waals surface area contributed by atoms with Gasteiger partial charge in [-0.3, -0.25) is 4.79 Å². The minimum absolute atomic E-state index is 0.0674. The number of hydrogen-bond donors (Lipinski definition) is 0. The normalized spacial score (nSPS) is 21.4. The number of hydrogen-bond acceptors (Lipinski definition) is 5. The van der Waals surface area contributed by atoms with Gasteiger partial charge < -0.3 is 14.4 Å². The minimum atomic E-state index is -3.56. The number of benzene rings is 2. The fourth-order valence-electron chi connectivity index (χ4n) is 4.66. The van der Waals surface area contributed by atoms with Gasteiger partial charge in [-0.2, -0.15) is 4.31 Å². The number of nitrogens with zero attached hydrogens (tertiary/aromatic N) is 2. The van der Waals surface area contributed by atoms with Crippen LogP contribution < -0.4 is 9.47 Å². The molecule has 1 unspecified atom stereocenters. The summed E-state index contributed by atoms with van der Waals surface area (Å²) in [4.78, 5) is 15.4. The number of carbonyl (C=O) groups is 1. The van der Waals surface area contributed by atoms with E-state index in [9.17, 15) is 13.2 Å². The Morgan fingerprint density at radius 2 is 1.68 bits per heavy atom. The molecule has 0 spiro atoms. The number of carbonyl (C=O) groups excluding carboxylic acids is 1. The zero-order valence-electron chi connectivity index (χ0n) is 17.3. The highest BCUT2D eigenvalue weighted by atomic mass is 32.2. The quantitative estimate of drug-likeness (QED) is 0.727. The van der Waals surface area contributed by atoms with E-state index in [1.165, 1.54) is 10.4 Å². The molecule has 1 amide bonds. The van der Waals surface area contributed by atoms with Gasteiger partial charge in [0.1, 0.15) is 13.2 Å². The predicted octanol–water partition coefficient (Wildman–Crippen LogP) is 3.22. The molecule has 1 atom stereocenters. The third kappa shape index (κ3) is 3.78. The second kappa shape index (κ2) is 8.16. The second-order valence-corrected chi connectivity index (χ2v) is 10.1. The first-order valence-electron chi connectivity index (χ1n) is 10.8. The average molecular weight is 443 g/mol. The van der Waals surface area contributed by atoms with Crippen molar-refractivity contribution in [2.45, 2.75) is 36.6 Å². The summed E-state index contributed by atoms with van der Waals surface area (Å²) in [6.45, 7) is 2.78. The molecule has 2 aromatic rings. The van der Waals surface area contributed by atoms with Crippen molar-refractivity contribution in [2.24, 2.45) is 0 Å². The van der Waals surface area contributed by atoms with Crippen LogP contribution in [0.1, 0.15) is 47.6 Å². The molecule has 164 valence electrons. The molecule has 0 saturated carbocycles. The van der Waals surface area contributed by atoms with Gasteiger partial charge in [0.2, 0.25) is 10.0 Å². The first kappa shape index (κ1) is 20.3. The Morgan fingerprint density at radius 1 is 0.903 bits per heavy atom. The van der Waals surface area contributed by atoms with Crippen LogP contribution in [-0.2, 0) is 10.0 Å². The van der Waals surface area contributed by atoms with E-state index in [0.717, 1.165) is 37.0 Å². The zero-order valence-corrected chi connectivity index (χ0v) is 18.1. The number of sulfonamides is 1. The van der Waals surface area contributed by atoms with Crippen molar-refractivity contribution in [3.8, 4) is 11.5 Å². The summed E-state index contributed by atoms with van der Waals surface area (Å²) in [6.07, 6.45) is 3.51. The summed E-state index contributed by atoms with van der Waals surface area (Å²) in [5, 5.41) is 0. The summed E-state index contributed by atoms with van der Waals surface area (Å²) in [6, 6.07) is 12.2. The zero-order chi connectivity index (χ0) is 21.4. The van der Waals surface area contributed by atoms with Gasteiger partial charge in [-0.1, -0.05) is 12.1 Å². The molecule has 8 heteroatoms. The fourth-order valence-corrected chi connectivity index (χ4v) is 6.22. The van der Waals surface area contributed by atoms with Gasteiger partial charge in [0, 0.05) is 25.2 Å². The fraction of sp³-hybridized carbons (Fsp3) is 0.435. The highest BCUT2D eigenvalue weighted by molar-refractivity contribution is 7.89. The Morgan fingerprint density at radius 3 is 2.48 bits per heavy atom. The molecule has 3 aliphatic heterocycles. The summed E-state index contributed by atoms with van der Waals surface area (Å²) >= 11 is 0. The van der Waals surface area contributed by atoms with Crippen LogP contribution in [0.15, 0.2) is 47.4 Å². The molecule has 31 heavy (non-hydrogen) atoms. The van der Waals surface area contributed by atoms with Crippen LogP contribution in [0.5, 0.6) is 11.5 Å². The Bertz CT molecular complexity index is 1090. The molecule has 3 heterocycles. The first-order chi connectivity index (χ1) is 15.0. The van der Waals surface area contributed by atoms with Gasteiger partial charge in [0.25, 0.3) is 5.91 Å². The average Bonchev–Trinajstić information content (AvgIpc) is 3.51. The van der Waals surface area contributed by atoms with Crippen molar-refractivity contribution in [3.05, 3.63) is 53.6 Å². The largest absolute Gasteiger partial charge is 0.486 e. The summed E-state index contributed by atoms with van der Waals surface area (Å²) in [5.74, 6) is 1.29. The van der Waals surface area contributed by atoms with Gasteiger partial charge in [-0.25, -0.2) is 8.42 Å². The molecule has 7 nitrogen and oxygen atoms in total. The van der Waals surface area contributed by atoms with E-state index >= 15 is 0 Å². The number of rotatable bonds is 4. The van der Waals surface area contributed by atoms with Gasteiger partial charge >= 0.3 is 0 Å². The van der Waals surface area contributed by atoms with E-state index in [2.05, 4.69) is 0 Å². The number of amides is 1. The molecule has 2 fully saturated rings. The Kier molecular flexibility index (Phi) is 5.35. The van der Waals surface area contributed by atoms with E-state index in [1.54, 1.807) is 18.2 Å². The molecule has 0 radical (unpaired) electrons. The summed E-state index contributed by atoms with van der Waals surface area (Å²) in [5.41, 5.74) is 1.42. The van der Waals surface area contributed by atoms with Gasteiger partial charge in [0.05, 0.1) is 10.9 Å². The number of likely N-dealkylation sites (tertiary alicyclic amines) is 1. The van der Waals surface area contributed by atoms with Crippen molar-refractivity contribution in [1.29, 1.82) is 0 Å². The van der Waals surface area contributed by atoms with E-state index in [0.29, 0.717) is 44.2 Å². The van der Waals surface area contributed by atoms with Crippen molar-refractivity contribution in [2.75, 3.05) is 32.8 Å². The molecule has 3 aliphatic rings. The second-order valence-electron chi connectivity index (χ2n) is 8.20. The van der Waals surface area contributed by atoms with Crippen LogP contribution in [-0.4, -0.2) is 56.4 Å². The van der Waals surface area contributed by atoms with Crippen molar-refractivity contribution < 1.29 is 22.7 Å². The van der Waals surface area contributed by atoms with Gasteiger partial charge in [0.15, 0.2) is 11.5 Å². The number of ether oxygens (including phenoxy) is 2. The molecule has 0 aromatic heterocycles. The van der Waals surface area contributed by atoms with Crippen LogP contribution in [0.25, 0.3) is 0 Å². The summed E-state index contributed by atoms with van der Waals surface area (Å²) < 4.78 is 38.7. The highest BCUT2D eigenvalue weighted by Crippen LogP contribution is 2.38. The highest BCUT2D eigenvalue weighted by Gasteiger charge is 2.33. The Balaban J connectivity index is 1.41. The SMILES string of the molecule is O=C(c1cccc(S(=O)(=O)N2CCCC2)c1)N1CCCC1c1ccc2c(c1)OCCO2. The third-order valence-electron chi connectivity index (χ3n) is 6.25. The lowest BCUT2D eigenvalue weighted by molar-refractivity contribution is 0.0735. The molecular weight excluding hydrogens is 416 g/mol. The number of fused-ring (bicyclic) bond motifs is 1. The standard InChI is InChI=1S/C23H26N2O5S/c26-23(18-5-3-6-19(15-18)31(27,28)24-10-1-2-11-24)25-12-4-7-20(25)17-8-9-21-22(16-17)30-14-13-29-21/h3,5-6,8-9,15-16,20H,1-2,4,7,10-14H2. The maximum atomic E-state index is 13.4. The minimum Gasteiger partial charge on any atom is -0.486 e. The lowest BCUT2D eigenvalue weighted by atomic mass is 10.0. The maximum absolute atomic E-state index is 13.4. The third-order valence-corrected chi connectivity index (χ3v) is 8.14. The predicted molar refractivity (Wildman–Crippen MR) is 115 cm³/mol. The Hall–Kier alpha value is -2.58. The molecule has 0 N–H and O–H groups in total. The van der Waals surface area contributed by atoms with Crippen molar-refractivity contribution in [3.63, 3.8) is 0 Å². The van der Waals surface area contributed by atoms with Crippen LogP contribution in [0.4, 0.5) is 0 Å². The lowest BCUT2D eigenvalue weighted by Gasteiger charge is -2.27. The molecule has 0 bridgehead atoms. The lowest BCUT2D eigenvalue weighted by Crippen LogP contribution is -2.31. The van der Waals surface area contributed by atoms with Crippen LogP contribution in [0.3, 0.4) is 0 Å². The van der Waals surface area contributed by atoms with Gasteiger partial charge in [-0.05, 0) is 61.6 Å². The van der Waals surface area contributed by atoms with E-state index < -0.39 is 10.0 Å². The van der Waals surface area contributed by atoms with E-state index in [4.69, 9.17) is 9.47 Å². The van der Waals surface area contributed by atoms with Crippen LogP contribution >= 0.6 is 0 Å². The van der Waals surface area contributed by atoms with Crippen LogP contribution in [0.2, 0.25) is 0 Å². The smallest absolute Gasteiger partial charge is 0.254 e. The molecule has 2 saturated heterocycles. The molecule has 5 rings (SSSR count). The van der Waals surface area contributed by atoms with E-state index in [1.807, 2.05) is 23.1 Å². The van der Waals surface area contributed by atoms with Gasteiger partial charge in [-0.15, -0.1) is 0 Å². The molecular formula is C23H26N2O5S. The summed E-state index contributed by atoms with van der Waals surface area (Å²) in [7, 11) is -3.56. The molecule has 2 aromatic carbocycles.